The second kappa shape index (κ2) is 6.71. The van der Waals surface area contributed by atoms with Crippen LogP contribution in [0.5, 0.6) is 0 Å². The zero-order chi connectivity index (χ0) is 13.7. The molecular formula is C16H18ClNO. The van der Waals surface area contributed by atoms with Gasteiger partial charge in [0.15, 0.2) is 0 Å². The van der Waals surface area contributed by atoms with Crippen LogP contribution < -0.4 is 5.73 Å². The lowest BCUT2D eigenvalue weighted by atomic mass is 10.1. The average molecular weight is 276 g/mol. The first-order chi connectivity index (χ1) is 9.20. The lowest BCUT2D eigenvalue weighted by molar-refractivity contribution is 0.000233. The van der Waals surface area contributed by atoms with Crippen molar-refractivity contribution < 1.29 is 4.74 Å². The fraction of sp³-hybridized carbons (Fsp3) is 0.250. The molecule has 0 aliphatic rings. The van der Waals surface area contributed by atoms with Crippen LogP contribution in [0.2, 0.25) is 5.02 Å². The molecule has 0 fully saturated rings. The minimum absolute atomic E-state index is 0.00503. The van der Waals surface area contributed by atoms with Crippen molar-refractivity contribution in [2.45, 2.75) is 19.1 Å². The quantitative estimate of drug-likeness (QED) is 0.891. The third-order valence-electron chi connectivity index (χ3n) is 3.09. The number of benzene rings is 2. The van der Waals surface area contributed by atoms with Gasteiger partial charge < -0.3 is 10.5 Å². The smallest absolute Gasteiger partial charge is 0.0955 e. The highest BCUT2D eigenvalue weighted by atomic mass is 35.5. The van der Waals surface area contributed by atoms with Gasteiger partial charge in [0.25, 0.3) is 0 Å². The zero-order valence-electron chi connectivity index (χ0n) is 10.9. The second-order valence-corrected chi connectivity index (χ2v) is 4.90. The molecule has 2 unspecified atom stereocenters. The van der Waals surface area contributed by atoms with E-state index in [9.17, 15) is 0 Å². The molecule has 0 aromatic heterocycles. The van der Waals surface area contributed by atoms with E-state index < -0.39 is 0 Å². The molecule has 3 heteroatoms. The number of halogens is 1. The predicted octanol–water partition coefficient (Wildman–Crippen LogP) is 4.12. The maximum Gasteiger partial charge on any atom is 0.0955 e. The Balaban J connectivity index is 2.09. The molecule has 0 amide bonds. The topological polar surface area (TPSA) is 35.2 Å². The molecule has 0 saturated heterocycles. The van der Waals surface area contributed by atoms with Crippen LogP contribution in [0.25, 0.3) is 0 Å². The van der Waals surface area contributed by atoms with Crippen molar-refractivity contribution in [2.75, 3.05) is 6.54 Å². The third-order valence-corrected chi connectivity index (χ3v) is 3.35. The summed E-state index contributed by atoms with van der Waals surface area (Å²) in [7, 11) is 0. The van der Waals surface area contributed by atoms with Gasteiger partial charge in [-0.15, -0.1) is 0 Å². The third kappa shape index (κ3) is 3.80. The minimum atomic E-state index is -0.118. The highest BCUT2D eigenvalue weighted by Gasteiger charge is 2.15. The van der Waals surface area contributed by atoms with Crippen LogP contribution in [0.3, 0.4) is 0 Å². The van der Waals surface area contributed by atoms with Crippen LogP contribution in [0.1, 0.15) is 30.3 Å². The summed E-state index contributed by atoms with van der Waals surface area (Å²) in [5.74, 6) is 0. The van der Waals surface area contributed by atoms with Gasteiger partial charge in [0.2, 0.25) is 0 Å². The molecule has 2 rings (SSSR count). The molecule has 2 aromatic carbocycles. The summed E-state index contributed by atoms with van der Waals surface area (Å²) in [6, 6.07) is 17.8. The van der Waals surface area contributed by atoms with E-state index in [0.717, 1.165) is 16.1 Å². The summed E-state index contributed by atoms with van der Waals surface area (Å²) < 4.78 is 6.04. The van der Waals surface area contributed by atoms with Crippen molar-refractivity contribution in [3.63, 3.8) is 0 Å². The number of hydrogen-bond acceptors (Lipinski definition) is 2. The molecule has 2 aromatic rings. The van der Waals surface area contributed by atoms with Gasteiger partial charge in [-0.05, 0) is 30.2 Å². The highest BCUT2D eigenvalue weighted by Crippen LogP contribution is 2.26. The lowest BCUT2D eigenvalue weighted by Gasteiger charge is -2.22. The van der Waals surface area contributed by atoms with Gasteiger partial charge in [-0.25, -0.2) is 0 Å². The molecule has 100 valence electrons. The van der Waals surface area contributed by atoms with Crippen molar-refractivity contribution in [3.05, 3.63) is 70.7 Å². The van der Waals surface area contributed by atoms with Crippen LogP contribution in [-0.2, 0) is 4.74 Å². The van der Waals surface area contributed by atoms with Crippen molar-refractivity contribution in [1.29, 1.82) is 0 Å². The van der Waals surface area contributed by atoms with Gasteiger partial charge >= 0.3 is 0 Å². The monoisotopic (exact) mass is 275 g/mol. The van der Waals surface area contributed by atoms with Gasteiger partial charge in [-0.3, -0.25) is 0 Å². The van der Waals surface area contributed by atoms with Crippen LogP contribution in [0, 0.1) is 0 Å². The van der Waals surface area contributed by atoms with E-state index >= 15 is 0 Å². The number of nitrogens with two attached hydrogens (primary N) is 1. The molecule has 0 aliphatic heterocycles. The molecule has 2 N–H and O–H groups in total. The summed E-state index contributed by atoms with van der Waals surface area (Å²) in [4.78, 5) is 0. The van der Waals surface area contributed by atoms with Crippen molar-refractivity contribution in [3.8, 4) is 0 Å². The van der Waals surface area contributed by atoms with E-state index in [2.05, 4.69) is 12.1 Å². The van der Waals surface area contributed by atoms with E-state index in [0.29, 0.717) is 6.54 Å². The first kappa shape index (κ1) is 14.1. The van der Waals surface area contributed by atoms with Crippen molar-refractivity contribution in [2.24, 2.45) is 5.73 Å². The van der Waals surface area contributed by atoms with Gasteiger partial charge in [-0.2, -0.15) is 0 Å². The van der Waals surface area contributed by atoms with Crippen LogP contribution in [0.15, 0.2) is 54.6 Å². The van der Waals surface area contributed by atoms with Gasteiger partial charge in [-0.1, -0.05) is 54.1 Å². The molecule has 2 nitrogen and oxygen atoms in total. The molecule has 0 heterocycles. The van der Waals surface area contributed by atoms with E-state index in [4.69, 9.17) is 22.1 Å². The summed E-state index contributed by atoms with van der Waals surface area (Å²) in [5, 5.41) is 0.718. The summed E-state index contributed by atoms with van der Waals surface area (Å²) in [6.07, 6.45) is -0.113. The molecule has 0 radical (unpaired) electrons. The lowest BCUT2D eigenvalue weighted by Crippen LogP contribution is -2.17. The molecule has 0 aliphatic carbocycles. The van der Waals surface area contributed by atoms with Gasteiger partial charge in [0.1, 0.15) is 0 Å². The Morgan fingerprint density at radius 2 is 1.63 bits per heavy atom. The fourth-order valence-corrected chi connectivity index (χ4v) is 2.12. The summed E-state index contributed by atoms with van der Waals surface area (Å²) in [5.41, 5.74) is 8.01. The maximum atomic E-state index is 6.04. The fourth-order valence-electron chi connectivity index (χ4n) is 2.00. The van der Waals surface area contributed by atoms with Crippen molar-refractivity contribution >= 4 is 11.6 Å². The SMILES string of the molecule is CC(OC(CN)c1ccc(Cl)cc1)c1ccccc1. The highest BCUT2D eigenvalue weighted by molar-refractivity contribution is 6.30. The summed E-state index contributed by atoms with van der Waals surface area (Å²) >= 11 is 5.89. The molecule has 0 bridgehead atoms. The van der Waals surface area contributed by atoms with E-state index in [-0.39, 0.29) is 12.2 Å². The zero-order valence-corrected chi connectivity index (χ0v) is 11.7. The number of hydrogen-bond donors (Lipinski definition) is 1. The minimum Gasteiger partial charge on any atom is -0.365 e. The van der Waals surface area contributed by atoms with Crippen molar-refractivity contribution in [1.82, 2.24) is 0 Å². The molecular weight excluding hydrogens is 258 g/mol. The van der Waals surface area contributed by atoms with Crippen LogP contribution in [-0.4, -0.2) is 6.54 Å². The van der Waals surface area contributed by atoms with Crippen LogP contribution >= 0.6 is 11.6 Å². The Morgan fingerprint density at radius 3 is 2.21 bits per heavy atom. The van der Waals surface area contributed by atoms with Gasteiger partial charge in [0.05, 0.1) is 12.2 Å². The average Bonchev–Trinajstić information content (AvgIpc) is 2.46. The largest absolute Gasteiger partial charge is 0.365 e. The maximum absolute atomic E-state index is 6.04. The van der Waals surface area contributed by atoms with Gasteiger partial charge in [0, 0.05) is 11.6 Å². The molecule has 19 heavy (non-hydrogen) atoms. The van der Waals surface area contributed by atoms with E-state index in [1.165, 1.54) is 0 Å². The molecule has 2 atom stereocenters. The van der Waals surface area contributed by atoms with E-state index in [1.54, 1.807) is 0 Å². The van der Waals surface area contributed by atoms with E-state index in [1.807, 2.05) is 49.4 Å². The standard InChI is InChI=1S/C16H18ClNO/c1-12(13-5-3-2-4-6-13)19-16(11-18)14-7-9-15(17)10-8-14/h2-10,12,16H,11,18H2,1H3. The Labute approximate surface area is 119 Å². The Bertz CT molecular complexity index is 498. The summed E-state index contributed by atoms with van der Waals surface area (Å²) in [6.45, 7) is 2.48. The van der Waals surface area contributed by atoms with Crippen LogP contribution in [0.4, 0.5) is 0 Å². The normalized spacial score (nSPS) is 14.1. The second-order valence-electron chi connectivity index (χ2n) is 4.46. The Kier molecular flexibility index (Phi) is 4.97. The number of rotatable bonds is 5. The number of ether oxygens (including phenoxy) is 1. The first-order valence-corrected chi connectivity index (χ1v) is 6.74. The first-order valence-electron chi connectivity index (χ1n) is 6.36. The predicted molar refractivity (Wildman–Crippen MR) is 79.2 cm³/mol. The Hall–Kier alpha value is -1.35. The molecule has 0 saturated carbocycles. The molecule has 0 spiro atoms. The Morgan fingerprint density at radius 1 is 1.00 bits per heavy atom.